The molecule has 1 nitrogen and oxygen atoms in total. The molecule has 0 aliphatic carbocycles. The molecule has 0 heterocycles. The second kappa shape index (κ2) is 4.14. The molecule has 0 N–H and O–H groups in total. The van der Waals surface area contributed by atoms with Crippen LogP contribution in [0.5, 0.6) is 0 Å². The summed E-state index contributed by atoms with van der Waals surface area (Å²) in [5.41, 5.74) is 0.372. The van der Waals surface area contributed by atoms with E-state index in [0.29, 0.717) is 11.5 Å². The van der Waals surface area contributed by atoms with E-state index in [-0.39, 0.29) is 0 Å². The van der Waals surface area contributed by atoms with Crippen LogP contribution in [0.25, 0.3) is 0 Å². The fourth-order valence-corrected chi connectivity index (χ4v) is 1.80. The van der Waals surface area contributed by atoms with Gasteiger partial charge >= 0.3 is 0 Å². The van der Waals surface area contributed by atoms with Crippen molar-refractivity contribution in [2.24, 2.45) is 5.41 Å². The minimum atomic E-state index is 0.372. The van der Waals surface area contributed by atoms with E-state index in [0.717, 1.165) is 10.5 Å². The molecule has 0 saturated carbocycles. The van der Waals surface area contributed by atoms with Crippen molar-refractivity contribution in [3.05, 3.63) is 0 Å². The van der Waals surface area contributed by atoms with Gasteiger partial charge < -0.3 is 4.43 Å². The maximum absolute atomic E-state index is 5.41. The van der Waals surface area contributed by atoms with Crippen molar-refractivity contribution in [3.63, 3.8) is 0 Å². The molecule has 1 unspecified atom stereocenters. The van der Waals surface area contributed by atoms with Gasteiger partial charge in [0.15, 0.2) is 0 Å². The van der Waals surface area contributed by atoms with Crippen LogP contribution >= 0.6 is 0 Å². The zero-order valence-corrected chi connectivity index (χ0v) is 9.90. The van der Waals surface area contributed by atoms with E-state index in [9.17, 15) is 0 Å². The second-order valence-electron chi connectivity index (χ2n) is 3.62. The summed E-state index contributed by atoms with van der Waals surface area (Å²) in [5, 5.41) is 0. The first-order chi connectivity index (χ1) is 4.54. The summed E-state index contributed by atoms with van der Waals surface area (Å²) in [6.45, 7) is 8.95. The lowest BCUT2D eigenvalue weighted by Crippen LogP contribution is -2.28. The fraction of sp³-hybridized carbons (Fsp3) is 1.00. The summed E-state index contributed by atoms with van der Waals surface area (Å²) in [7, 11) is 0.861. The van der Waals surface area contributed by atoms with Crippen molar-refractivity contribution in [1.82, 2.24) is 0 Å². The average Bonchev–Trinajstić information content (AvgIpc) is 1.86. The standard InChI is InChI=1S/C8H20OSi/c1-5-6-8(3,4)7(2)9-10/h7H,5-6H2,1-4,10H3. The molecule has 62 valence electrons. The van der Waals surface area contributed by atoms with Crippen LogP contribution in [0.4, 0.5) is 0 Å². The van der Waals surface area contributed by atoms with Gasteiger partial charge in [0.2, 0.25) is 0 Å². The predicted octanol–water partition coefficient (Wildman–Crippen LogP) is 1.50. The fourth-order valence-electron chi connectivity index (χ4n) is 1.17. The van der Waals surface area contributed by atoms with Crippen LogP contribution in [0, 0.1) is 5.41 Å². The van der Waals surface area contributed by atoms with Gasteiger partial charge in [-0.2, -0.15) is 0 Å². The Morgan fingerprint density at radius 3 is 2.30 bits per heavy atom. The molecule has 10 heavy (non-hydrogen) atoms. The second-order valence-corrected chi connectivity index (χ2v) is 4.09. The van der Waals surface area contributed by atoms with E-state index >= 15 is 0 Å². The van der Waals surface area contributed by atoms with E-state index in [2.05, 4.69) is 27.7 Å². The van der Waals surface area contributed by atoms with Gasteiger partial charge in [0, 0.05) is 6.10 Å². The van der Waals surface area contributed by atoms with Crippen LogP contribution in [-0.2, 0) is 4.43 Å². The quantitative estimate of drug-likeness (QED) is 0.566. The minimum absolute atomic E-state index is 0.372. The molecule has 0 aliphatic rings. The molecule has 0 aliphatic heterocycles. The highest BCUT2D eigenvalue weighted by atomic mass is 28.2. The van der Waals surface area contributed by atoms with Crippen molar-refractivity contribution in [1.29, 1.82) is 0 Å². The summed E-state index contributed by atoms with van der Waals surface area (Å²) >= 11 is 0. The maximum atomic E-state index is 5.41. The van der Waals surface area contributed by atoms with E-state index in [1.807, 2.05) is 0 Å². The predicted molar refractivity (Wildman–Crippen MR) is 49.2 cm³/mol. The number of rotatable bonds is 4. The first kappa shape index (κ1) is 10.2. The molecule has 0 bridgehead atoms. The van der Waals surface area contributed by atoms with E-state index < -0.39 is 0 Å². The average molecular weight is 160 g/mol. The summed E-state index contributed by atoms with van der Waals surface area (Å²) in [6.07, 6.45) is 2.94. The molecule has 0 spiro atoms. The molecule has 0 radical (unpaired) electrons. The monoisotopic (exact) mass is 160 g/mol. The normalized spacial score (nSPS) is 15.6. The van der Waals surface area contributed by atoms with Gasteiger partial charge in [0.05, 0.1) is 0 Å². The lowest BCUT2D eigenvalue weighted by atomic mass is 9.83. The Balaban J connectivity index is 3.82. The van der Waals surface area contributed by atoms with Crippen LogP contribution in [0.2, 0.25) is 0 Å². The van der Waals surface area contributed by atoms with Gasteiger partial charge in [-0.3, -0.25) is 0 Å². The van der Waals surface area contributed by atoms with Crippen LogP contribution in [0.15, 0.2) is 0 Å². The highest BCUT2D eigenvalue weighted by Gasteiger charge is 2.23. The third-order valence-electron chi connectivity index (χ3n) is 2.35. The van der Waals surface area contributed by atoms with Gasteiger partial charge in [-0.25, -0.2) is 0 Å². The molecule has 0 aromatic rings. The summed E-state index contributed by atoms with van der Waals surface area (Å²) in [6, 6.07) is 0. The topological polar surface area (TPSA) is 9.23 Å². The number of hydrogen-bond donors (Lipinski definition) is 0. The Bertz CT molecular complexity index is 91.3. The smallest absolute Gasteiger partial charge is 0.146 e. The Labute approximate surface area is 67.7 Å². The maximum Gasteiger partial charge on any atom is 0.146 e. The highest BCUT2D eigenvalue weighted by Crippen LogP contribution is 2.27. The van der Waals surface area contributed by atoms with Crippen molar-refractivity contribution in [2.75, 3.05) is 0 Å². The third kappa shape index (κ3) is 2.84. The zero-order chi connectivity index (χ0) is 8.20. The molecule has 0 saturated heterocycles. The van der Waals surface area contributed by atoms with Gasteiger partial charge in [-0.15, -0.1) is 0 Å². The summed E-state index contributed by atoms with van der Waals surface area (Å²) in [4.78, 5) is 0. The van der Waals surface area contributed by atoms with Gasteiger partial charge in [0.25, 0.3) is 0 Å². The van der Waals surface area contributed by atoms with Crippen LogP contribution in [-0.4, -0.2) is 16.6 Å². The Hall–Kier alpha value is 0.177. The van der Waals surface area contributed by atoms with E-state index in [4.69, 9.17) is 4.43 Å². The van der Waals surface area contributed by atoms with Crippen molar-refractivity contribution in [3.8, 4) is 0 Å². The van der Waals surface area contributed by atoms with Gasteiger partial charge in [0.1, 0.15) is 10.5 Å². The molecule has 1 atom stereocenters. The largest absolute Gasteiger partial charge is 0.425 e. The van der Waals surface area contributed by atoms with E-state index in [1.165, 1.54) is 12.8 Å². The first-order valence-electron chi connectivity index (χ1n) is 4.07. The lowest BCUT2D eigenvalue weighted by Gasteiger charge is -2.30. The Kier molecular flexibility index (Phi) is 4.21. The van der Waals surface area contributed by atoms with Crippen LogP contribution < -0.4 is 0 Å². The van der Waals surface area contributed by atoms with Crippen molar-refractivity contribution in [2.45, 2.75) is 46.6 Å². The molecule has 0 aromatic heterocycles. The van der Waals surface area contributed by atoms with Gasteiger partial charge in [-0.05, 0) is 18.8 Å². The molecule has 0 rings (SSSR count). The summed E-state index contributed by atoms with van der Waals surface area (Å²) < 4.78 is 5.41. The van der Waals surface area contributed by atoms with E-state index in [1.54, 1.807) is 0 Å². The molecular weight excluding hydrogens is 140 g/mol. The lowest BCUT2D eigenvalue weighted by molar-refractivity contribution is 0.0901. The minimum Gasteiger partial charge on any atom is -0.425 e. The zero-order valence-electron chi connectivity index (χ0n) is 7.90. The highest BCUT2D eigenvalue weighted by molar-refractivity contribution is 5.98. The molecule has 0 fully saturated rings. The van der Waals surface area contributed by atoms with Crippen molar-refractivity contribution >= 4 is 10.5 Å². The molecule has 0 aromatic carbocycles. The Morgan fingerprint density at radius 1 is 1.50 bits per heavy atom. The Morgan fingerprint density at radius 2 is 2.00 bits per heavy atom. The molecule has 0 amide bonds. The molecular formula is C8H20OSi. The SMILES string of the molecule is CCCC(C)(C)C(C)O[SiH3]. The molecule has 2 heteroatoms. The summed E-state index contributed by atoms with van der Waals surface area (Å²) in [5.74, 6) is 0. The number of hydrogen-bond acceptors (Lipinski definition) is 1. The van der Waals surface area contributed by atoms with Gasteiger partial charge in [-0.1, -0.05) is 27.2 Å². The van der Waals surface area contributed by atoms with Crippen LogP contribution in [0.3, 0.4) is 0 Å². The first-order valence-corrected chi connectivity index (χ1v) is 4.89. The van der Waals surface area contributed by atoms with Crippen LogP contribution in [0.1, 0.15) is 40.5 Å². The third-order valence-corrected chi connectivity index (χ3v) is 3.06. The van der Waals surface area contributed by atoms with Crippen molar-refractivity contribution < 1.29 is 4.43 Å².